The van der Waals surface area contributed by atoms with E-state index in [-0.39, 0.29) is 18.4 Å². The van der Waals surface area contributed by atoms with Crippen LogP contribution in [0.25, 0.3) is 0 Å². The van der Waals surface area contributed by atoms with Crippen molar-refractivity contribution in [2.45, 2.75) is 38.6 Å². The van der Waals surface area contributed by atoms with E-state index in [4.69, 9.17) is 10.5 Å². The van der Waals surface area contributed by atoms with Gasteiger partial charge in [0.15, 0.2) is 0 Å². The van der Waals surface area contributed by atoms with Crippen LogP contribution >= 0.6 is 28.3 Å². The second kappa shape index (κ2) is 7.37. The van der Waals surface area contributed by atoms with Crippen molar-refractivity contribution in [2.75, 3.05) is 6.61 Å². The molecule has 18 heavy (non-hydrogen) atoms. The van der Waals surface area contributed by atoms with E-state index in [0.29, 0.717) is 12.5 Å². The van der Waals surface area contributed by atoms with Gasteiger partial charge in [0.2, 0.25) is 0 Å². The molecule has 0 aromatic heterocycles. The zero-order valence-electron chi connectivity index (χ0n) is 10.7. The summed E-state index contributed by atoms with van der Waals surface area (Å²) in [5, 5.41) is 0. The van der Waals surface area contributed by atoms with Crippen LogP contribution in [0.1, 0.15) is 44.2 Å². The van der Waals surface area contributed by atoms with E-state index in [0.717, 1.165) is 15.8 Å². The SMILES string of the molecule is CCOc1ccc(Br)cc1[C@@H](N)C1CCCC1.Cl. The molecule has 1 aliphatic carbocycles. The average molecular weight is 335 g/mol. The maximum Gasteiger partial charge on any atom is 0.124 e. The topological polar surface area (TPSA) is 35.2 Å². The molecule has 2 N–H and O–H groups in total. The monoisotopic (exact) mass is 333 g/mol. The fraction of sp³-hybridized carbons (Fsp3) is 0.571. The Kier molecular flexibility index (Phi) is 6.47. The Morgan fingerprint density at radius 3 is 2.67 bits per heavy atom. The maximum atomic E-state index is 6.40. The molecule has 0 saturated heterocycles. The summed E-state index contributed by atoms with van der Waals surface area (Å²) in [7, 11) is 0. The summed E-state index contributed by atoms with van der Waals surface area (Å²) in [6.07, 6.45) is 5.13. The Hall–Kier alpha value is -0.250. The van der Waals surface area contributed by atoms with Crippen molar-refractivity contribution in [3.05, 3.63) is 28.2 Å². The van der Waals surface area contributed by atoms with Gasteiger partial charge in [-0.25, -0.2) is 0 Å². The molecule has 1 atom stereocenters. The number of halogens is 2. The van der Waals surface area contributed by atoms with Crippen LogP contribution in [0.2, 0.25) is 0 Å². The first-order valence-electron chi connectivity index (χ1n) is 6.40. The van der Waals surface area contributed by atoms with Crippen LogP contribution in [0.3, 0.4) is 0 Å². The van der Waals surface area contributed by atoms with Crippen LogP contribution in [0.5, 0.6) is 5.75 Å². The van der Waals surface area contributed by atoms with Gasteiger partial charge in [-0.05, 0) is 43.9 Å². The Bertz CT molecular complexity index is 380. The number of rotatable bonds is 4. The molecular weight excluding hydrogens is 314 g/mol. The second-order valence-corrected chi connectivity index (χ2v) is 5.60. The van der Waals surface area contributed by atoms with Gasteiger partial charge in [0.1, 0.15) is 5.75 Å². The van der Waals surface area contributed by atoms with Crippen LogP contribution in [0.4, 0.5) is 0 Å². The lowest BCUT2D eigenvalue weighted by molar-refractivity contribution is 0.327. The number of ether oxygens (including phenoxy) is 1. The van der Waals surface area contributed by atoms with Crippen molar-refractivity contribution in [2.24, 2.45) is 11.7 Å². The van der Waals surface area contributed by atoms with E-state index in [9.17, 15) is 0 Å². The molecule has 0 aliphatic heterocycles. The fourth-order valence-corrected chi connectivity index (χ4v) is 3.02. The van der Waals surface area contributed by atoms with E-state index in [1.807, 2.05) is 19.1 Å². The molecule has 1 saturated carbocycles. The largest absolute Gasteiger partial charge is 0.494 e. The van der Waals surface area contributed by atoms with Gasteiger partial charge < -0.3 is 10.5 Å². The fourth-order valence-electron chi connectivity index (χ4n) is 2.64. The number of hydrogen-bond acceptors (Lipinski definition) is 2. The lowest BCUT2D eigenvalue weighted by atomic mass is 9.92. The highest BCUT2D eigenvalue weighted by Gasteiger charge is 2.25. The van der Waals surface area contributed by atoms with Gasteiger partial charge in [-0.3, -0.25) is 0 Å². The predicted octanol–water partition coefficient (Wildman–Crippen LogP) is 4.46. The molecular formula is C14H21BrClNO. The van der Waals surface area contributed by atoms with Gasteiger partial charge in [0.25, 0.3) is 0 Å². The number of hydrogen-bond donors (Lipinski definition) is 1. The molecule has 0 bridgehead atoms. The molecule has 2 rings (SSSR count). The molecule has 0 unspecified atom stereocenters. The smallest absolute Gasteiger partial charge is 0.124 e. The van der Waals surface area contributed by atoms with Crippen LogP contribution < -0.4 is 10.5 Å². The third-order valence-corrected chi connectivity index (χ3v) is 4.03. The van der Waals surface area contributed by atoms with Gasteiger partial charge in [0, 0.05) is 16.1 Å². The highest BCUT2D eigenvalue weighted by atomic mass is 79.9. The van der Waals surface area contributed by atoms with E-state index in [1.54, 1.807) is 0 Å². The molecule has 0 heterocycles. The lowest BCUT2D eigenvalue weighted by Crippen LogP contribution is -2.20. The summed E-state index contributed by atoms with van der Waals surface area (Å²) in [6, 6.07) is 6.23. The molecule has 1 aromatic carbocycles. The van der Waals surface area contributed by atoms with Gasteiger partial charge in [-0.15, -0.1) is 12.4 Å². The summed E-state index contributed by atoms with van der Waals surface area (Å²) >= 11 is 3.51. The molecule has 2 nitrogen and oxygen atoms in total. The second-order valence-electron chi connectivity index (χ2n) is 4.69. The van der Waals surface area contributed by atoms with Crippen LogP contribution in [0, 0.1) is 5.92 Å². The zero-order chi connectivity index (χ0) is 12.3. The Morgan fingerprint density at radius 2 is 2.06 bits per heavy atom. The first-order valence-corrected chi connectivity index (χ1v) is 7.19. The highest BCUT2D eigenvalue weighted by Crippen LogP contribution is 2.38. The molecule has 0 amide bonds. The molecule has 1 aliphatic rings. The molecule has 1 fully saturated rings. The van der Waals surface area contributed by atoms with Crippen molar-refractivity contribution in [3.63, 3.8) is 0 Å². The van der Waals surface area contributed by atoms with Crippen molar-refractivity contribution >= 4 is 28.3 Å². The van der Waals surface area contributed by atoms with Crippen LogP contribution in [0.15, 0.2) is 22.7 Å². The average Bonchev–Trinajstić information content (AvgIpc) is 2.84. The van der Waals surface area contributed by atoms with E-state index in [1.165, 1.54) is 25.7 Å². The Balaban J connectivity index is 0.00000162. The van der Waals surface area contributed by atoms with E-state index >= 15 is 0 Å². The highest BCUT2D eigenvalue weighted by molar-refractivity contribution is 9.10. The summed E-state index contributed by atoms with van der Waals surface area (Å²) in [4.78, 5) is 0. The van der Waals surface area contributed by atoms with Gasteiger partial charge in [0.05, 0.1) is 6.61 Å². The molecule has 0 spiro atoms. The number of nitrogens with two attached hydrogens (primary N) is 1. The van der Waals surface area contributed by atoms with E-state index < -0.39 is 0 Å². The summed E-state index contributed by atoms with van der Waals surface area (Å²) in [5.74, 6) is 1.55. The van der Waals surface area contributed by atoms with E-state index in [2.05, 4.69) is 22.0 Å². The standard InChI is InChI=1S/C14H20BrNO.ClH/c1-2-17-13-8-7-11(15)9-12(13)14(16)10-5-3-4-6-10;/h7-10,14H,2-6,16H2,1H3;1H/t14-;/m0./s1. The molecule has 0 radical (unpaired) electrons. The summed E-state index contributed by atoms with van der Waals surface area (Å²) < 4.78 is 6.75. The Morgan fingerprint density at radius 1 is 1.39 bits per heavy atom. The van der Waals surface area contributed by atoms with Crippen molar-refractivity contribution in [1.82, 2.24) is 0 Å². The minimum absolute atomic E-state index is 0. The third-order valence-electron chi connectivity index (χ3n) is 3.54. The quantitative estimate of drug-likeness (QED) is 0.882. The minimum atomic E-state index is 0. The summed E-state index contributed by atoms with van der Waals surface area (Å²) in [5.41, 5.74) is 7.55. The van der Waals surface area contributed by atoms with Crippen LogP contribution in [-0.2, 0) is 0 Å². The van der Waals surface area contributed by atoms with Gasteiger partial charge in [-0.2, -0.15) is 0 Å². The normalized spacial score (nSPS) is 17.3. The zero-order valence-corrected chi connectivity index (χ0v) is 13.1. The Labute approximate surface area is 124 Å². The first kappa shape index (κ1) is 15.8. The predicted molar refractivity (Wildman–Crippen MR) is 81.4 cm³/mol. The molecule has 102 valence electrons. The first-order chi connectivity index (χ1) is 8.22. The van der Waals surface area contributed by atoms with Gasteiger partial charge in [-0.1, -0.05) is 28.8 Å². The molecule has 4 heteroatoms. The maximum absolute atomic E-state index is 6.40. The van der Waals surface area contributed by atoms with Crippen LogP contribution in [-0.4, -0.2) is 6.61 Å². The molecule has 1 aromatic rings. The number of benzene rings is 1. The van der Waals surface area contributed by atoms with Crippen molar-refractivity contribution < 1.29 is 4.74 Å². The van der Waals surface area contributed by atoms with Gasteiger partial charge >= 0.3 is 0 Å². The minimum Gasteiger partial charge on any atom is -0.494 e. The lowest BCUT2D eigenvalue weighted by Gasteiger charge is -2.22. The third kappa shape index (κ3) is 3.62. The van der Waals surface area contributed by atoms with Crippen molar-refractivity contribution in [1.29, 1.82) is 0 Å². The van der Waals surface area contributed by atoms with Crippen molar-refractivity contribution in [3.8, 4) is 5.75 Å². The summed E-state index contributed by atoms with van der Waals surface area (Å²) in [6.45, 7) is 2.69.